The topological polar surface area (TPSA) is 85.4 Å². The van der Waals surface area contributed by atoms with Gasteiger partial charge in [-0.15, -0.1) is 0 Å². The van der Waals surface area contributed by atoms with Gasteiger partial charge >= 0.3 is 5.69 Å². The maximum absolute atomic E-state index is 12.6. The number of hydrogen-bond donors (Lipinski definition) is 2. The van der Waals surface area contributed by atoms with Crippen molar-refractivity contribution in [3.8, 4) is 0 Å². The molecule has 0 saturated heterocycles. The van der Waals surface area contributed by atoms with Crippen molar-refractivity contribution in [2.24, 2.45) is 0 Å². The SMILES string of the molecule is O=C(c1ccccc1)c1c(CO)n(O)c2ccccc2[n+]1=O. The summed E-state index contributed by atoms with van der Waals surface area (Å²) in [5.74, 6) is -0.562. The molecule has 0 radical (unpaired) electrons. The summed E-state index contributed by atoms with van der Waals surface area (Å²) < 4.78 is 1.13. The van der Waals surface area contributed by atoms with Gasteiger partial charge in [-0.1, -0.05) is 42.5 Å². The minimum absolute atomic E-state index is 0.140. The van der Waals surface area contributed by atoms with Crippen LogP contribution in [-0.4, -0.2) is 20.8 Å². The minimum atomic E-state index is -0.641. The highest BCUT2D eigenvalue weighted by atomic mass is 16.5. The Morgan fingerprint density at radius 1 is 1.05 bits per heavy atom. The number of fused-ring (bicyclic) bond motifs is 1. The van der Waals surface area contributed by atoms with Crippen LogP contribution in [0.2, 0.25) is 0 Å². The molecule has 1 heterocycles. The highest BCUT2D eigenvalue weighted by molar-refractivity contribution is 6.07. The lowest BCUT2D eigenvalue weighted by molar-refractivity contribution is -0.469. The number of aliphatic hydroxyl groups is 1. The fraction of sp³-hybridized carbons (Fsp3) is 0.0625. The number of carbonyl (C=O) groups is 1. The van der Waals surface area contributed by atoms with Crippen LogP contribution in [0, 0.1) is 4.91 Å². The van der Waals surface area contributed by atoms with Crippen LogP contribution in [0.15, 0.2) is 54.6 Å². The first kappa shape index (κ1) is 14.0. The molecule has 0 saturated carbocycles. The summed E-state index contributed by atoms with van der Waals surface area (Å²) in [7, 11) is 0. The number of benzene rings is 2. The zero-order valence-corrected chi connectivity index (χ0v) is 11.5. The molecule has 2 N–H and O–H groups in total. The number of nitrogens with zero attached hydrogens (tertiary/aromatic N) is 2. The summed E-state index contributed by atoms with van der Waals surface area (Å²) in [5.41, 5.74) is 0.210. The Labute approximate surface area is 125 Å². The van der Waals surface area contributed by atoms with E-state index in [4.69, 9.17) is 0 Å². The van der Waals surface area contributed by atoms with Crippen molar-refractivity contribution in [2.75, 3.05) is 0 Å². The van der Waals surface area contributed by atoms with E-state index in [1.807, 2.05) is 0 Å². The van der Waals surface area contributed by atoms with E-state index in [1.165, 1.54) is 12.1 Å². The van der Waals surface area contributed by atoms with Crippen LogP contribution < -0.4 is 4.43 Å². The van der Waals surface area contributed by atoms with Crippen molar-refractivity contribution in [1.82, 2.24) is 4.73 Å². The van der Waals surface area contributed by atoms with E-state index >= 15 is 0 Å². The van der Waals surface area contributed by atoms with Gasteiger partial charge in [-0.25, -0.2) is 0 Å². The minimum Gasteiger partial charge on any atom is -0.428 e. The standard InChI is InChI=1S/C16H13N2O4/c19-10-14-15(16(20)11-6-2-1-3-7-11)18(22)13-9-5-4-8-12(13)17(14)21/h1-9,19,21H,10H2/q+1. The lowest BCUT2D eigenvalue weighted by Crippen LogP contribution is -2.32. The number of ketones is 1. The average Bonchev–Trinajstić information content (AvgIpc) is 2.58. The Morgan fingerprint density at radius 3 is 2.36 bits per heavy atom. The second kappa shape index (κ2) is 5.42. The molecule has 6 heteroatoms. The molecular formula is C16H13N2O4+. The molecule has 0 fully saturated rings. The molecule has 0 spiro atoms. The largest absolute Gasteiger partial charge is 0.428 e. The molecule has 0 aliphatic heterocycles. The summed E-state index contributed by atoms with van der Waals surface area (Å²) >= 11 is 0. The van der Waals surface area contributed by atoms with E-state index in [2.05, 4.69) is 0 Å². The molecule has 110 valence electrons. The Bertz CT molecular complexity index is 917. The van der Waals surface area contributed by atoms with Crippen LogP contribution >= 0.6 is 0 Å². The van der Waals surface area contributed by atoms with E-state index in [0.29, 0.717) is 14.7 Å². The third kappa shape index (κ3) is 2.06. The molecule has 22 heavy (non-hydrogen) atoms. The van der Waals surface area contributed by atoms with Crippen molar-refractivity contribution < 1.29 is 19.5 Å². The predicted octanol–water partition coefficient (Wildman–Crippen LogP) is 1.52. The molecule has 3 rings (SSSR count). The molecule has 0 aliphatic rings. The van der Waals surface area contributed by atoms with Gasteiger partial charge in [0.1, 0.15) is 0 Å². The lowest BCUT2D eigenvalue weighted by Gasteiger charge is -2.07. The van der Waals surface area contributed by atoms with E-state index in [9.17, 15) is 20.0 Å². The van der Waals surface area contributed by atoms with Crippen molar-refractivity contribution in [2.45, 2.75) is 6.61 Å². The Morgan fingerprint density at radius 2 is 1.68 bits per heavy atom. The van der Waals surface area contributed by atoms with Crippen LogP contribution in [0.25, 0.3) is 11.0 Å². The molecule has 0 atom stereocenters. The lowest BCUT2D eigenvalue weighted by atomic mass is 10.1. The molecule has 0 unspecified atom stereocenters. The van der Waals surface area contributed by atoms with Crippen LogP contribution in [0.1, 0.15) is 21.7 Å². The molecule has 0 amide bonds. The van der Waals surface area contributed by atoms with Crippen molar-refractivity contribution in [3.05, 3.63) is 76.5 Å². The second-order valence-electron chi connectivity index (χ2n) is 4.74. The third-order valence-corrected chi connectivity index (χ3v) is 3.46. The number of hydrogen-bond acceptors (Lipinski definition) is 4. The van der Waals surface area contributed by atoms with Gasteiger partial charge in [-0.05, 0) is 6.07 Å². The number of carbonyl (C=O) groups excluding carboxylic acids is 1. The fourth-order valence-corrected chi connectivity index (χ4v) is 2.39. The van der Waals surface area contributed by atoms with E-state index in [0.717, 1.165) is 0 Å². The summed E-state index contributed by atoms with van der Waals surface area (Å²) in [6.45, 7) is -0.641. The Kier molecular flexibility index (Phi) is 3.44. The molecule has 1 aromatic heterocycles. The van der Waals surface area contributed by atoms with Gasteiger partial charge < -0.3 is 10.3 Å². The normalized spacial score (nSPS) is 10.8. The quantitative estimate of drug-likeness (QED) is 0.436. The first-order valence-corrected chi connectivity index (χ1v) is 6.64. The molecule has 0 bridgehead atoms. The second-order valence-corrected chi connectivity index (χ2v) is 4.74. The van der Waals surface area contributed by atoms with Crippen molar-refractivity contribution in [1.29, 1.82) is 0 Å². The predicted molar refractivity (Wildman–Crippen MR) is 78.3 cm³/mol. The van der Waals surface area contributed by atoms with Gasteiger partial charge in [-0.2, -0.15) is 4.73 Å². The van der Waals surface area contributed by atoms with Gasteiger partial charge in [0.25, 0.3) is 11.3 Å². The highest BCUT2D eigenvalue weighted by Crippen LogP contribution is 2.16. The highest BCUT2D eigenvalue weighted by Gasteiger charge is 2.31. The molecular weight excluding hydrogens is 284 g/mol. The molecule has 2 aromatic carbocycles. The Balaban J connectivity index is 2.36. The number of para-hydroxylation sites is 2. The summed E-state index contributed by atoms with van der Waals surface area (Å²) in [6.07, 6.45) is 0. The van der Waals surface area contributed by atoms with Crippen LogP contribution in [0.3, 0.4) is 0 Å². The summed E-state index contributed by atoms with van der Waals surface area (Å²) in [5, 5.41) is 19.7. The van der Waals surface area contributed by atoms with Crippen LogP contribution in [-0.2, 0) is 6.61 Å². The number of aliphatic hydroxyl groups excluding tert-OH is 1. The smallest absolute Gasteiger partial charge is 0.336 e. The first-order chi connectivity index (χ1) is 10.6. The maximum atomic E-state index is 12.6. The van der Waals surface area contributed by atoms with Gasteiger partial charge in [0.05, 0.1) is 11.0 Å². The first-order valence-electron chi connectivity index (χ1n) is 6.64. The number of aromatic nitrogens is 2. The molecule has 6 nitrogen and oxygen atoms in total. The molecule has 0 aliphatic carbocycles. The average molecular weight is 297 g/mol. The monoisotopic (exact) mass is 297 g/mol. The Hall–Kier alpha value is -2.99. The van der Waals surface area contributed by atoms with E-state index in [1.54, 1.807) is 42.5 Å². The van der Waals surface area contributed by atoms with E-state index < -0.39 is 12.4 Å². The van der Waals surface area contributed by atoms with E-state index in [-0.39, 0.29) is 22.4 Å². The zero-order valence-electron chi connectivity index (χ0n) is 11.5. The van der Waals surface area contributed by atoms with Gasteiger partial charge in [0.2, 0.25) is 0 Å². The van der Waals surface area contributed by atoms with Gasteiger partial charge in [-0.3, -0.25) is 4.79 Å². The summed E-state index contributed by atoms with van der Waals surface area (Å²) in [4.78, 5) is 25.1. The van der Waals surface area contributed by atoms with Crippen LogP contribution in [0.4, 0.5) is 0 Å². The van der Waals surface area contributed by atoms with Crippen molar-refractivity contribution >= 4 is 16.8 Å². The third-order valence-electron chi connectivity index (χ3n) is 3.46. The molecule has 3 aromatic rings. The maximum Gasteiger partial charge on any atom is 0.336 e. The fourth-order valence-electron chi connectivity index (χ4n) is 2.39. The zero-order chi connectivity index (χ0) is 15.7. The van der Waals surface area contributed by atoms with Crippen LogP contribution in [0.5, 0.6) is 0 Å². The van der Waals surface area contributed by atoms with Gasteiger partial charge in [0, 0.05) is 16.5 Å². The van der Waals surface area contributed by atoms with Gasteiger partial charge in [0.15, 0.2) is 11.2 Å². The van der Waals surface area contributed by atoms with Crippen molar-refractivity contribution in [3.63, 3.8) is 0 Å². The number of rotatable bonds is 3. The summed E-state index contributed by atoms with van der Waals surface area (Å²) in [6, 6.07) is 14.5.